The number of carbonyl (C=O) groups excluding carboxylic acids is 2. The lowest BCUT2D eigenvalue weighted by molar-refractivity contribution is -0.137. The smallest absolute Gasteiger partial charge is 0.327 e. The van der Waals surface area contributed by atoms with Gasteiger partial charge in [-0.05, 0) is 24.6 Å². The van der Waals surface area contributed by atoms with Crippen molar-refractivity contribution in [3.8, 4) is 0 Å². The summed E-state index contributed by atoms with van der Waals surface area (Å²) < 4.78 is 38.3. The maximum absolute atomic E-state index is 12.9. The molecule has 0 saturated heterocycles. The third kappa shape index (κ3) is 3.46. The van der Waals surface area contributed by atoms with Crippen LogP contribution in [-0.4, -0.2) is 11.8 Å². The average molecular weight is 360 g/mol. The molecule has 0 fully saturated rings. The van der Waals surface area contributed by atoms with Crippen LogP contribution < -0.4 is 10.6 Å². The number of nitrogens with one attached hydrogen (secondary N) is 2. The normalized spacial score (nSPS) is 17.5. The van der Waals surface area contributed by atoms with Gasteiger partial charge in [-0.1, -0.05) is 42.5 Å². The second kappa shape index (κ2) is 6.67. The fourth-order valence-corrected chi connectivity index (χ4v) is 2.85. The van der Waals surface area contributed by atoms with Gasteiger partial charge in [-0.3, -0.25) is 4.79 Å². The van der Waals surface area contributed by atoms with Crippen LogP contribution in [0.5, 0.6) is 0 Å². The Kier molecular flexibility index (Phi) is 4.54. The maximum atomic E-state index is 12.9. The minimum absolute atomic E-state index is 0.288. The van der Waals surface area contributed by atoms with Gasteiger partial charge in [0, 0.05) is 16.8 Å². The van der Waals surface area contributed by atoms with Crippen LogP contribution in [0.4, 0.5) is 18.0 Å². The highest BCUT2D eigenvalue weighted by Crippen LogP contribution is 2.33. The van der Waals surface area contributed by atoms with Crippen LogP contribution in [0.1, 0.15) is 34.5 Å². The Balaban J connectivity index is 2.02. The van der Waals surface area contributed by atoms with Crippen molar-refractivity contribution >= 4 is 11.8 Å². The maximum Gasteiger partial charge on any atom is 0.416 e. The van der Waals surface area contributed by atoms with Gasteiger partial charge in [0.1, 0.15) is 0 Å². The highest BCUT2D eigenvalue weighted by atomic mass is 19.4. The molecule has 3 rings (SSSR count). The van der Waals surface area contributed by atoms with Crippen molar-refractivity contribution < 1.29 is 22.8 Å². The van der Waals surface area contributed by atoms with Gasteiger partial charge in [0.2, 0.25) is 0 Å². The van der Waals surface area contributed by atoms with E-state index < -0.39 is 23.8 Å². The van der Waals surface area contributed by atoms with E-state index in [1.807, 2.05) is 0 Å². The summed E-state index contributed by atoms with van der Waals surface area (Å²) in [6.07, 6.45) is -4.45. The molecular weight excluding hydrogens is 345 g/mol. The largest absolute Gasteiger partial charge is 0.416 e. The summed E-state index contributed by atoms with van der Waals surface area (Å²) in [7, 11) is 0. The lowest BCUT2D eigenvalue weighted by Crippen LogP contribution is -2.45. The standard InChI is InChI=1S/C19H15F3N2O2/c1-11-15(17(25)13-5-3-2-4-6-13)16(24-18(26)23-11)12-7-9-14(10-8-12)19(20,21)22/h2-10,16H,1H3,(H2,23,24,26). The first-order chi connectivity index (χ1) is 12.3. The predicted molar refractivity (Wildman–Crippen MR) is 89.3 cm³/mol. The summed E-state index contributed by atoms with van der Waals surface area (Å²) in [5.74, 6) is -0.305. The molecule has 1 atom stereocenters. The van der Waals surface area contributed by atoms with E-state index in [0.717, 1.165) is 12.1 Å². The van der Waals surface area contributed by atoms with Crippen LogP contribution in [0.2, 0.25) is 0 Å². The van der Waals surface area contributed by atoms with Crippen LogP contribution >= 0.6 is 0 Å². The van der Waals surface area contributed by atoms with E-state index in [1.165, 1.54) is 12.1 Å². The van der Waals surface area contributed by atoms with Gasteiger partial charge in [0.05, 0.1) is 11.6 Å². The van der Waals surface area contributed by atoms with Crippen LogP contribution in [0, 0.1) is 0 Å². The van der Waals surface area contributed by atoms with E-state index in [1.54, 1.807) is 37.3 Å². The molecule has 134 valence electrons. The molecule has 4 nitrogen and oxygen atoms in total. The first-order valence-electron chi connectivity index (χ1n) is 7.82. The van der Waals surface area contributed by atoms with Gasteiger partial charge < -0.3 is 10.6 Å². The summed E-state index contributed by atoms with van der Waals surface area (Å²) in [5.41, 5.74) is 0.685. The number of halogens is 3. The zero-order chi connectivity index (χ0) is 18.9. The van der Waals surface area contributed by atoms with Crippen molar-refractivity contribution in [2.24, 2.45) is 0 Å². The SMILES string of the molecule is CC1=C(C(=O)c2ccccc2)C(c2ccc(C(F)(F)F)cc2)NC(=O)N1. The van der Waals surface area contributed by atoms with E-state index in [9.17, 15) is 22.8 Å². The first kappa shape index (κ1) is 17.7. The second-order valence-corrected chi connectivity index (χ2v) is 5.89. The highest BCUT2D eigenvalue weighted by Gasteiger charge is 2.33. The third-order valence-electron chi connectivity index (χ3n) is 4.12. The number of hydrogen-bond donors (Lipinski definition) is 2. The molecule has 0 spiro atoms. The highest BCUT2D eigenvalue weighted by molar-refractivity contribution is 6.11. The zero-order valence-electron chi connectivity index (χ0n) is 13.7. The van der Waals surface area contributed by atoms with Crippen LogP contribution in [0.25, 0.3) is 0 Å². The van der Waals surface area contributed by atoms with Gasteiger partial charge in [-0.25, -0.2) is 4.79 Å². The molecular formula is C19H15F3N2O2. The molecule has 2 amide bonds. The molecule has 1 unspecified atom stereocenters. The number of hydrogen-bond acceptors (Lipinski definition) is 2. The van der Waals surface area contributed by atoms with E-state index in [0.29, 0.717) is 16.8 Å². The molecule has 26 heavy (non-hydrogen) atoms. The van der Waals surface area contributed by atoms with Gasteiger partial charge in [0.15, 0.2) is 5.78 Å². The molecule has 0 aliphatic carbocycles. The lowest BCUT2D eigenvalue weighted by Gasteiger charge is -2.29. The zero-order valence-corrected chi connectivity index (χ0v) is 13.7. The summed E-state index contributed by atoms with van der Waals surface area (Å²) >= 11 is 0. The van der Waals surface area contributed by atoms with Gasteiger partial charge in [-0.2, -0.15) is 13.2 Å². The van der Waals surface area contributed by atoms with E-state index in [2.05, 4.69) is 10.6 Å². The number of allylic oxidation sites excluding steroid dienone is 1. The molecule has 0 aromatic heterocycles. The van der Waals surface area contributed by atoms with E-state index >= 15 is 0 Å². The Morgan fingerprint density at radius 1 is 1.00 bits per heavy atom. The summed E-state index contributed by atoms with van der Waals surface area (Å²) in [4.78, 5) is 24.7. The summed E-state index contributed by atoms with van der Waals surface area (Å²) in [6, 6.07) is 11.5. The Morgan fingerprint density at radius 2 is 1.62 bits per heavy atom. The minimum Gasteiger partial charge on any atom is -0.327 e. The number of amides is 2. The average Bonchev–Trinajstić information content (AvgIpc) is 2.61. The molecule has 2 N–H and O–H groups in total. The first-order valence-corrected chi connectivity index (χ1v) is 7.82. The number of carbonyl (C=O) groups is 2. The number of Topliss-reactive ketones (excluding diaryl/α,β-unsaturated/α-hetero) is 1. The monoisotopic (exact) mass is 360 g/mol. The van der Waals surface area contributed by atoms with Crippen LogP contribution in [0.15, 0.2) is 65.9 Å². The fourth-order valence-electron chi connectivity index (χ4n) is 2.85. The Hall–Kier alpha value is -3.09. The van der Waals surface area contributed by atoms with E-state index in [-0.39, 0.29) is 11.4 Å². The Morgan fingerprint density at radius 3 is 2.19 bits per heavy atom. The topological polar surface area (TPSA) is 58.2 Å². The molecule has 1 aliphatic heterocycles. The van der Waals surface area contributed by atoms with Crippen LogP contribution in [-0.2, 0) is 6.18 Å². The number of alkyl halides is 3. The van der Waals surface area contributed by atoms with Crippen molar-refractivity contribution in [2.45, 2.75) is 19.1 Å². The predicted octanol–water partition coefficient (Wildman–Crippen LogP) is 4.22. The number of urea groups is 1. The second-order valence-electron chi connectivity index (χ2n) is 5.89. The van der Waals surface area contributed by atoms with E-state index in [4.69, 9.17) is 0 Å². The fraction of sp³-hybridized carbons (Fsp3) is 0.158. The van der Waals surface area contributed by atoms with Gasteiger partial charge in [0.25, 0.3) is 0 Å². The summed E-state index contributed by atoms with van der Waals surface area (Å²) in [5, 5.41) is 5.16. The lowest BCUT2D eigenvalue weighted by atomic mass is 9.89. The summed E-state index contributed by atoms with van der Waals surface area (Å²) in [6.45, 7) is 1.59. The molecule has 2 aromatic carbocycles. The quantitative estimate of drug-likeness (QED) is 0.806. The Labute approximate surface area is 147 Å². The molecule has 0 radical (unpaired) electrons. The van der Waals surface area contributed by atoms with Gasteiger partial charge >= 0.3 is 12.2 Å². The number of rotatable bonds is 3. The van der Waals surface area contributed by atoms with Gasteiger partial charge in [-0.15, -0.1) is 0 Å². The molecule has 1 aliphatic rings. The molecule has 2 aromatic rings. The van der Waals surface area contributed by atoms with Crippen molar-refractivity contribution in [1.82, 2.24) is 10.6 Å². The number of ketones is 1. The molecule has 1 heterocycles. The minimum atomic E-state index is -4.45. The van der Waals surface area contributed by atoms with Crippen molar-refractivity contribution in [1.29, 1.82) is 0 Å². The molecule has 7 heteroatoms. The molecule has 0 bridgehead atoms. The van der Waals surface area contributed by atoms with Crippen LogP contribution in [0.3, 0.4) is 0 Å². The number of benzene rings is 2. The molecule has 0 saturated carbocycles. The van der Waals surface area contributed by atoms with Crippen molar-refractivity contribution in [3.05, 3.63) is 82.6 Å². The Bertz CT molecular complexity index is 872. The third-order valence-corrected chi connectivity index (χ3v) is 4.12. The van der Waals surface area contributed by atoms with Crippen molar-refractivity contribution in [3.63, 3.8) is 0 Å². The van der Waals surface area contributed by atoms with Crippen molar-refractivity contribution in [2.75, 3.05) is 0 Å².